The van der Waals surface area contributed by atoms with Gasteiger partial charge in [0.15, 0.2) is 0 Å². The van der Waals surface area contributed by atoms with Crippen LogP contribution < -0.4 is 5.32 Å². The van der Waals surface area contributed by atoms with Crippen LogP contribution in [0.15, 0.2) is 34.8 Å². The van der Waals surface area contributed by atoms with Crippen LogP contribution in [0.3, 0.4) is 0 Å². The van der Waals surface area contributed by atoms with Crippen molar-refractivity contribution in [3.63, 3.8) is 0 Å². The molecular formula is C14H11BrClFN2O2. The Labute approximate surface area is 134 Å². The normalized spacial score (nSPS) is 10.5. The number of rotatable bonds is 4. The van der Waals surface area contributed by atoms with Gasteiger partial charge in [0.1, 0.15) is 10.8 Å². The molecule has 0 aromatic heterocycles. The minimum Gasteiger partial charge on any atom is -0.381 e. The summed E-state index contributed by atoms with van der Waals surface area (Å²) in [5.74, 6) is -0.333. The Kier molecular flexibility index (Phi) is 4.80. The van der Waals surface area contributed by atoms with Gasteiger partial charge in [-0.3, -0.25) is 10.1 Å². The van der Waals surface area contributed by atoms with E-state index in [-0.39, 0.29) is 16.5 Å². The van der Waals surface area contributed by atoms with Crippen LogP contribution in [0.1, 0.15) is 11.1 Å². The summed E-state index contributed by atoms with van der Waals surface area (Å²) in [4.78, 5) is 10.3. The molecule has 0 amide bonds. The Morgan fingerprint density at radius 1 is 1.38 bits per heavy atom. The van der Waals surface area contributed by atoms with E-state index in [0.29, 0.717) is 16.6 Å². The van der Waals surface area contributed by atoms with Crippen LogP contribution in [-0.2, 0) is 6.54 Å². The summed E-state index contributed by atoms with van der Waals surface area (Å²) >= 11 is 8.89. The van der Waals surface area contributed by atoms with Crippen LogP contribution in [-0.4, -0.2) is 4.92 Å². The van der Waals surface area contributed by atoms with Crippen LogP contribution >= 0.6 is 27.5 Å². The van der Waals surface area contributed by atoms with Gasteiger partial charge in [-0.1, -0.05) is 17.7 Å². The molecule has 0 unspecified atom stereocenters. The van der Waals surface area contributed by atoms with Gasteiger partial charge in [-0.2, -0.15) is 0 Å². The fourth-order valence-electron chi connectivity index (χ4n) is 1.84. The van der Waals surface area contributed by atoms with Crippen LogP contribution in [0.2, 0.25) is 5.02 Å². The lowest BCUT2D eigenvalue weighted by Crippen LogP contribution is -2.02. The standard InChI is InChI=1S/C14H11BrClFN2O2/c1-8-4-12(17)10(15)6-13(8)18-7-9-2-3-11(16)14(5-9)19(20)21/h2-6,18H,7H2,1H3. The first-order valence-electron chi connectivity index (χ1n) is 6.01. The van der Waals surface area contributed by atoms with Crippen molar-refractivity contribution < 1.29 is 9.31 Å². The second kappa shape index (κ2) is 6.41. The topological polar surface area (TPSA) is 55.2 Å². The summed E-state index contributed by atoms with van der Waals surface area (Å²) in [7, 11) is 0. The smallest absolute Gasteiger partial charge is 0.288 e. The molecule has 0 spiro atoms. The maximum absolute atomic E-state index is 13.3. The van der Waals surface area contributed by atoms with Gasteiger partial charge in [-0.15, -0.1) is 0 Å². The van der Waals surface area contributed by atoms with Crippen molar-refractivity contribution in [2.75, 3.05) is 5.32 Å². The molecule has 0 atom stereocenters. The third-order valence-corrected chi connectivity index (χ3v) is 3.88. The first kappa shape index (κ1) is 15.7. The van der Waals surface area contributed by atoms with Gasteiger partial charge in [-0.05, 0) is 52.2 Å². The molecule has 7 heteroatoms. The molecule has 0 fully saturated rings. The molecule has 0 aliphatic rings. The summed E-state index contributed by atoms with van der Waals surface area (Å²) < 4.78 is 13.7. The van der Waals surface area contributed by atoms with E-state index in [9.17, 15) is 14.5 Å². The SMILES string of the molecule is Cc1cc(F)c(Br)cc1NCc1ccc(Cl)c([N+](=O)[O-])c1. The average molecular weight is 374 g/mol. The molecule has 4 nitrogen and oxygen atoms in total. The van der Waals surface area contributed by atoms with E-state index in [4.69, 9.17) is 11.6 Å². The first-order chi connectivity index (χ1) is 9.88. The summed E-state index contributed by atoms with van der Waals surface area (Å²) in [6, 6.07) is 7.66. The number of anilines is 1. The van der Waals surface area contributed by atoms with Gasteiger partial charge in [0.05, 0.1) is 9.40 Å². The zero-order valence-electron chi connectivity index (χ0n) is 11.0. The Morgan fingerprint density at radius 2 is 2.10 bits per heavy atom. The number of nitrogens with one attached hydrogen (secondary N) is 1. The van der Waals surface area contributed by atoms with Crippen molar-refractivity contribution in [1.82, 2.24) is 0 Å². The average Bonchev–Trinajstić information content (AvgIpc) is 2.42. The highest BCUT2D eigenvalue weighted by molar-refractivity contribution is 9.10. The van der Waals surface area contributed by atoms with Gasteiger partial charge in [-0.25, -0.2) is 4.39 Å². The van der Waals surface area contributed by atoms with E-state index < -0.39 is 4.92 Å². The second-order valence-electron chi connectivity index (χ2n) is 4.48. The van der Waals surface area contributed by atoms with E-state index in [2.05, 4.69) is 21.2 Å². The van der Waals surface area contributed by atoms with Crippen LogP contribution in [0, 0.1) is 22.9 Å². The molecule has 110 valence electrons. The number of benzene rings is 2. The largest absolute Gasteiger partial charge is 0.381 e. The van der Waals surface area contributed by atoms with Crippen molar-refractivity contribution >= 4 is 38.9 Å². The fraction of sp³-hybridized carbons (Fsp3) is 0.143. The molecular weight excluding hydrogens is 363 g/mol. The molecule has 1 N–H and O–H groups in total. The molecule has 2 rings (SSSR count). The minimum atomic E-state index is -0.522. The summed E-state index contributed by atoms with van der Waals surface area (Å²) in [5, 5.41) is 14.1. The van der Waals surface area contributed by atoms with Crippen LogP contribution in [0.5, 0.6) is 0 Å². The lowest BCUT2D eigenvalue weighted by atomic mass is 10.1. The molecule has 0 bridgehead atoms. The third-order valence-electron chi connectivity index (χ3n) is 2.96. The predicted molar refractivity (Wildman–Crippen MR) is 84.3 cm³/mol. The van der Waals surface area contributed by atoms with Gasteiger partial charge in [0, 0.05) is 18.3 Å². The molecule has 0 aliphatic heterocycles. The van der Waals surface area contributed by atoms with Gasteiger partial charge in [0.2, 0.25) is 0 Å². The van der Waals surface area contributed by atoms with Gasteiger partial charge in [0.25, 0.3) is 5.69 Å². The molecule has 0 saturated carbocycles. The maximum Gasteiger partial charge on any atom is 0.288 e. The number of hydrogen-bond donors (Lipinski definition) is 1. The van der Waals surface area contributed by atoms with E-state index >= 15 is 0 Å². The van der Waals surface area contributed by atoms with Crippen molar-refractivity contribution in [2.45, 2.75) is 13.5 Å². The Balaban J connectivity index is 2.19. The van der Waals surface area contributed by atoms with E-state index in [0.717, 1.165) is 11.3 Å². The number of hydrogen-bond acceptors (Lipinski definition) is 3. The number of nitro groups is 1. The van der Waals surface area contributed by atoms with Crippen molar-refractivity contribution in [3.8, 4) is 0 Å². The molecule has 0 heterocycles. The van der Waals surface area contributed by atoms with Crippen molar-refractivity contribution in [3.05, 3.63) is 66.9 Å². The zero-order chi connectivity index (χ0) is 15.6. The molecule has 2 aromatic carbocycles. The molecule has 0 aliphatic carbocycles. The van der Waals surface area contributed by atoms with Crippen molar-refractivity contribution in [1.29, 1.82) is 0 Å². The van der Waals surface area contributed by atoms with Gasteiger partial charge < -0.3 is 5.32 Å². The third kappa shape index (κ3) is 3.71. The quantitative estimate of drug-likeness (QED) is 0.601. The number of aryl methyl sites for hydroxylation is 1. The molecule has 21 heavy (non-hydrogen) atoms. The maximum atomic E-state index is 13.3. The van der Waals surface area contributed by atoms with E-state index in [1.165, 1.54) is 18.2 Å². The Hall–Kier alpha value is -1.66. The second-order valence-corrected chi connectivity index (χ2v) is 5.74. The number of halogens is 3. The predicted octanol–water partition coefficient (Wildman–Crippen LogP) is 5.07. The summed E-state index contributed by atoms with van der Waals surface area (Å²) in [6.07, 6.45) is 0. The highest BCUT2D eigenvalue weighted by Crippen LogP contribution is 2.27. The Morgan fingerprint density at radius 3 is 2.76 bits per heavy atom. The highest BCUT2D eigenvalue weighted by atomic mass is 79.9. The highest BCUT2D eigenvalue weighted by Gasteiger charge is 2.13. The number of nitro benzene ring substituents is 1. The Bertz CT molecular complexity index is 710. The van der Waals surface area contributed by atoms with Crippen molar-refractivity contribution in [2.24, 2.45) is 0 Å². The van der Waals surface area contributed by atoms with E-state index in [1.54, 1.807) is 19.1 Å². The minimum absolute atomic E-state index is 0.101. The van der Waals surface area contributed by atoms with Crippen LogP contribution in [0.4, 0.5) is 15.8 Å². The lowest BCUT2D eigenvalue weighted by Gasteiger charge is -2.11. The lowest BCUT2D eigenvalue weighted by molar-refractivity contribution is -0.384. The number of nitrogens with zero attached hydrogens (tertiary/aromatic N) is 1. The van der Waals surface area contributed by atoms with Crippen LogP contribution in [0.25, 0.3) is 0 Å². The summed E-state index contributed by atoms with van der Waals surface area (Å²) in [5.41, 5.74) is 2.08. The summed E-state index contributed by atoms with van der Waals surface area (Å²) in [6.45, 7) is 2.15. The first-order valence-corrected chi connectivity index (χ1v) is 7.18. The van der Waals surface area contributed by atoms with Gasteiger partial charge >= 0.3 is 0 Å². The van der Waals surface area contributed by atoms with E-state index in [1.807, 2.05) is 0 Å². The molecule has 0 saturated heterocycles. The fourth-order valence-corrected chi connectivity index (χ4v) is 2.37. The zero-order valence-corrected chi connectivity index (χ0v) is 13.3. The molecule has 2 aromatic rings. The monoisotopic (exact) mass is 372 g/mol. The molecule has 0 radical (unpaired) electrons.